The molecule has 1 aliphatic carbocycles. The number of amides is 1. The summed E-state index contributed by atoms with van der Waals surface area (Å²) in [7, 11) is 0. The Kier molecular flexibility index (Phi) is 4.23. The zero-order chi connectivity index (χ0) is 15.5. The lowest BCUT2D eigenvalue weighted by Gasteiger charge is -2.30. The molecular weight excluding hydrogens is 277 g/mol. The summed E-state index contributed by atoms with van der Waals surface area (Å²) < 4.78 is 13.1. The van der Waals surface area contributed by atoms with Crippen LogP contribution in [0.3, 0.4) is 0 Å². The van der Waals surface area contributed by atoms with Gasteiger partial charge in [0.2, 0.25) is 0 Å². The van der Waals surface area contributed by atoms with Gasteiger partial charge in [-0.1, -0.05) is 30.3 Å². The van der Waals surface area contributed by atoms with Crippen LogP contribution in [0.5, 0.6) is 0 Å². The second-order valence-electron chi connectivity index (χ2n) is 6.00. The summed E-state index contributed by atoms with van der Waals surface area (Å²) in [5.41, 5.74) is 1.66. The number of nitrogens with zero attached hydrogens (tertiary/aromatic N) is 1. The van der Waals surface area contributed by atoms with Gasteiger partial charge in [-0.3, -0.25) is 4.79 Å². The molecule has 22 heavy (non-hydrogen) atoms. The first-order valence-corrected chi connectivity index (χ1v) is 7.75. The number of benzene rings is 2. The molecule has 0 bridgehead atoms. The van der Waals surface area contributed by atoms with E-state index in [2.05, 4.69) is 6.92 Å². The first-order chi connectivity index (χ1) is 10.6. The van der Waals surface area contributed by atoms with Crippen LogP contribution >= 0.6 is 0 Å². The first-order valence-electron chi connectivity index (χ1n) is 7.75. The summed E-state index contributed by atoms with van der Waals surface area (Å²) in [6.45, 7) is 2.71. The van der Waals surface area contributed by atoms with Crippen LogP contribution in [0.1, 0.15) is 35.7 Å². The van der Waals surface area contributed by atoms with Crippen LogP contribution in [-0.2, 0) is 6.54 Å². The minimum atomic E-state index is -0.318. The predicted molar refractivity (Wildman–Crippen MR) is 84.9 cm³/mol. The zero-order valence-corrected chi connectivity index (χ0v) is 12.7. The average Bonchev–Trinajstić information content (AvgIpc) is 3.38. The van der Waals surface area contributed by atoms with Gasteiger partial charge in [0.15, 0.2) is 0 Å². The molecule has 0 radical (unpaired) electrons. The van der Waals surface area contributed by atoms with Crippen LogP contribution in [0.15, 0.2) is 54.6 Å². The van der Waals surface area contributed by atoms with Crippen LogP contribution in [0.25, 0.3) is 0 Å². The Labute approximate surface area is 130 Å². The highest BCUT2D eigenvalue weighted by molar-refractivity contribution is 5.94. The number of hydrogen-bond acceptors (Lipinski definition) is 1. The van der Waals surface area contributed by atoms with Crippen LogP contribution in [0.2, 0.25) is 0 Å². The second kappa shape index (κ2) is 6.30. The van der Waals surface area contributed by atoms with Crippen molar-refractivity contribution >= 4 is 5.91 Å². The van der Waals surface area contributed by atoms with Crippen molar-refractivity contribution in [3.8, 4) is 0 Å². The van der Waals surface area contributed by atoms with Crippen molar-refractivity contribution in [2.24, 2.45) is 5.92 Å². The third-order valence-electron chi connectivity index (χ3n) is 4.34. The normalized spacial score (nSPS) is 15.4. The van der Waals surface area contributed by atoms with Crippen molar-refractivity contribution in [2.45, 2.75) is 32.4 Å². The van der Waals surface area contributed by atoms with Gasteiger partial charge in [-0.25, -0.2) is 4.39 Å². The van der Waals surface area contributed by atoms with Gasteiger partial charge in [0.1, 0.15) is 5.82 Å². The monoisotopic (exact) mass is 297 g/mol. The summed E-state index contributed by atoms with van der Waals surface area (Å²) >= 11 is 0. The van der Waals surface area contributed by atoms with Crippen LogP contribution in [0.4, 0.5) is 4.39 Å². The number of hydrogen-bond donors (Lipinski definition) is 0. The molecular formula is C19H20FNO. The van der Waals surface area contributed by atoms with E-state index in [1.165, 1.54) is 25.0 Å². The van der Waals surface area contributed by atoms with Gasteiger partial charge in [-0.2, -0.15) is 0 Å². The SMILES string of the molecule is C[C@H](C1CC1)N(Cc1ccccc1)C(=O)c1ccc(F)cc1. The topological polar surface area (TPSA) is 20.3 Å². The van der Waals surface area contributed by atoms with Crippen molar-refractivity contribution in [2.75, 3.05) is 0 Å². The molecule has 1 aliphatic rings. The summed E-state index contributed by atoms with van der Waals surface area (Å²) in [6, 6.07) is 16.0. The van der Waals surface area contributed by atoms with Crippen molar-refractivity contribution in [1.29, 1.82) is 0 Å². The highest BCUT2D eigenvalue weighted by atomic mass is 19.1. The molecule has 2 nitrogen and oxygen atoms in total. The lowest BCUT2D eigenvalue weighted by atomic mass is 10.1. The molecule has 0 unspecified atom stereocenters. The fourth-order valence-corrected chi connectivity index (χ4v) is 2.77. The lowest BCUT2D eigenvalue weighted by molar-refractivity contribution is 0.0654. The van der Waals surface area contributed by atoms with E-state index < -0.39 is 0 Å². The van der Waals surface area contributed by atoms with E-state index in [1.807, 2.05) is 35.2 Å². The molecule has 1 saturated carbocycles. The summed E-state index contributed by atoms with van der Waals surface area (Å²) in [5, 5.41) is 0. The maximum Gasteiger partial charge on any atom is 0.254 e. The van der Waals surface area contributed by atoms with Gasteiger partial charge < -0.3 is 4.90 Å². The molecule has 0 aromatic heterocycles. The van der Waals surface area contributed by atoms with Crippen molar-refractivity contribution in [3.63, 3.8) is 0 Å². The Morgan fingerprint density at radius 2 is 1.77 bits per heavy atom. The van der Waals surface area contributed by atoms with Gasteiger partial charge in [0.25, 0.3) is 5.91 Å². The maximum atomic E-state index is 13.1. The molecule has 0 heterocycles. The largest absolute Gasteiger partial charge is 0.331 e. The van der Waals surface area contributed by atoms with Crippen LogP contribution in [0, 0.1) is 11.7 Å². The smallest absolute Gasteiger partial charge is 0.254 e. The molecule has 1 amide bonds. The van der Waals surface area contributed by atoms with E-state index in [1.54, 1.807) is 12.1 Å². The Balaban J connectivity index is 1.84. The van der Waals surface area contributed by atoms with E-state index >= 15 is 0 Å². The Morgan fingerprint density at radius 1 is 1.14 bits per heavy atom. The quantitative estimate of drug-likeness (QED) is 0.807. The Morgan fingerprint density at radius 3 is 2.36 bits per heavy atom. The highest BCUT2D eigenvalue weighted by Crippen LogP contribution is 2.36. The number of carbonyl (C=O) groups excluding carboxylic acids is 1. The first kappa shape index (κ1) is 14.8. The number of rotatable bonds is 5. The molecule has 0 spiro atoms. The molecule has 0 aliphatic heterocycles. The second-order valence-corrected chi connectivity index (χ2v) is 6.00. The van der Waals surface area contributed by atoms with E-state index in [4.69, 9.17) is 0 Å². The van der Waals surface area contributed by atoms with Crippen molar-refractivity contribution in [1.82, 2.24) is 4.90 Å². The fourth-order valence-electron chi connectivity index (χ4n) is 2.77. The van der Waals surface area contributed by atoms with Crippen LogP contribution < -0.4 is 0 Å². The molecule has 3 rings (SSSR count). The lowest BCUT2D eigenvalue weighted by Crippen LogP contribution is -2.39. The molecule has 114 valence electrons. The Bertz CT molecular complexity index is 634. The third-order valence-corrected chi connectivity index (χ3v) is 4.34. The van der Waals surface area contributed by atoms with Crippen molar-refractivity contribution in [3.05, 3.63) is 71.5 Å². The molecule has 2 aromatic carbocycles. The zero-order valence-electron chi connectivity index (χ0n) is 12.7. The third kappa shape index (κ3) is 3.35. The summed E-state index contributed by atoms with van der Waals surface area (Å²) in [5.74, 6) is 0.248. The van der Waals surface area contributed by atoms with Gasteiger partial charge in [0.05, 0.1) is 0 Å². The average molecular weight is 297 g/mol. The fraction of sp³-hybridized carbons (Fsp3) is 0.316. The van der Waals surface area contributed by atoms with Gasteiger partial charge in [-0.15, -0.1) is 0 Å². The summed E-state index contributed by atoms with van der Waals surface area (Å²) in [6.07, 6.45) is 2.37. The number of halogens is 1. The van der Waals surface area contributed by atoms with Crippen molar-refractivity contribution < 1.29 is 9.18 Å². The predicted octanol–water partition coefficient (Wildman–Crippen LogP) is 4.27. The molecule has 1 atom stereocenters. The molecule has 2 aromatic rings. The maximum absolute atomic E-state index is 13.1. The minimum absolute atomic E-state index is 0.0248. The minimum Gasteiger partial charge on any atom is -0.331 e. The van der Waals surface area contributed by atoms with E-state index in [0.29, 0.717) is 18.0 Å². The molecule has 0 N–H and O–H groups in total. The van der Waals surface area contributed by atoms with Gasteiger partial charge in [-0.05, 0) is 55.5 Å². The standard InChI is InChI=1S/C19H20FNO/c1-14(16-7-8-16)21(13-15-5-3-2-4-6-15)19(22)17-9-11-18(20)12-10-17/h2-6,9-12,14,16H,7-8,13H2,1H3/t14-/m1/s1. The highest BCUT2D eigenvalue weighted by Gasteiger charge is 2.34. The molecule has 1 fully saturated rings. The molecule has 0 saturated heterocycles. The van der Waals surface area contributed by atoms with E-state index in [0.717, 1.165) is 5.56 Å². The number of carbonyl (C=O) groups is 1. The summed E-state index contributed by atoms with van der Waals surface area (Å²) in [4.78, 5) is 14.8. The van der Waals surface area contributed by atoms with E-state index in [-0.39, 0.29) is 17.8 Å². The van der Waals surface area contributed by atoms with E-state index in [9.17, 15) is 9.18 Å². The Hall–Kier alpha value is -2.16. The van der Waals surface area contributed by atoms with Gasteiger partial charge >= 0.3 is 0 Å². The van der Waals surface area contributed by atoms with Gasteiger partial charge in [0, 0.05) is 18.2 Å². The molecule has 3 heteroatoms. The van der Waals surface area contributed by atoms with Crippen LogP contribution in [-0.4, -0.2) is 16.8 Å².